The Balaban J connectivity index is 1.30. The van der Waals surface area contributed by atoms with Gasteiger partial charge in [-0.15, -0.1) is 0 Å². The number of piperazine rings is 1. The zero-order valence-corrected chi connectivity index (χ0v) is 16.3. The molecular weight excluding hydrogens is 353 g/mol. The van der Waals surface area contributed by atoms with Crippen molar-refractivity contribution in [3.8, 4) is 0 Å². The highest BCUT2D eigenvalue weighted by Crippen LogP contribution is 2.22. The van der Waals surface area contributed by atoms with E-state index in [9.17, 15) is 9.18 Å². The zero-order chi connectivity index (χ0) is 19.3. The summed E-state index contributed by atoms with van der Waals surface area (Å²) in [5, 5.41) is 0. The molecule has 0 radical (unpaired) electrons. The summed E-state index contributed by atoms with van der Waals surface area (Å²) in [5.74, 6) is 0.0469. The molecule has 2 aromatic carbocycles. The van der Waals surface area contributed by atoms with E-state index in [-0.39, 0.29) is 11.7 Å². The van der Waals surface area contributed by atoms with E-state index in [0.717, 1.165) is 63.4 Å². The van der Waals surface area contributed by atoms with Gasteiger partial charge < -0.3 is 9.80 Å². The number of amides is 1. The smallest absolute Gasteiger partial charge is 0.227 e. The van der Waals surface area contributed by atoms with Crippen LogP contribution in [0, 0.1) is 5.82 Å². The Morgan fingerprint density at radius 2 is 1.64 bits per heavy atom. The summed E-state index contributed by atoms with van der Waals surface area (Å²) in [6.07, 6.45) is 2.72. The van der Waals surface area contributed by atoms with Gasteiger partial charge in [0.1, 0.15) is 5.82 Å². The van der Waals surface area contributed by atoms with Crippen molar-refractivity contribution in [3.05, 3.63) is 66.0 Å². The van der Waals surface area contributed by atoms with Crippen LogP contribution in [0.4, 0.5) is 10.1 Å². The van der Waals surface area contributed by atoms with Gasteiger partial charge in [-0.1, -0.05) is 30.3 Å². The minimum Gasteiger partial charge on any atom is -0.369 e. The van der Waals surface area contributed by atoms with Gasteiger partial charge in [0.15, 0.2) is 0 Å². The average Bonchev–Trinajstić information content (AvgIpc) is 2.75. The molecule has 2 aliphatic heterocycles. The number of likely N-dealkylation sites (tertiary alicyclic amines) is 1. The fourth-order valence-electron chi connectivity index (χ4n) is 4.36. The second-order valence-electron chi connectivity index (χ2n) is 7.80. The molecule has 0 N–H and O–H groups in total. The molecule has 0 aliphatic carbocycles. The molecule has 0 unspecified atom stereocenters. The summed E-state index contributed by atoms with van der Waals surface area (Å²) < 4.78 is 13.1. The maximum absolute atomic E-state index is 13.1. The summed E-state index contributed by atoms with van der Waals surface area (Å²) in [6, 6.07) is 17.2. The van der Waals surface area contributed by atoms with Crippen LogP contribution in [0.1, 0.15) is 18.4 Å². The van der Waals surface area contributed by atoms with Gasteiger partial charge in [0.2, 0.25) is 5.91 Å². The maximum atomic E-state index is 13.1. The molecule has 5 heteroatoms. The van der Waals surface area contributed by atoms with Crippen molar-refractivity contribution in [2.24, 2.45) is 0 Å². The number of hydrogen-bond donors (Lipinski definition) is 0. The SMILES string of the molecule is O=C(Cc1ccccc1)N1CCC[C@H](N2CCN(c3ccc(F)cc3)CC2)C1. The molecule has 4 nitrogen and oxygen atoms in total. The lowest BCUT2D eigenvalue weighted by Gasteiger charge is -2.44. The van der Waals surface area contributed by atoms with E-state index in [2.05, 4.69) is 9.80 Å². The van der Waals surface area contributed by atoms with Gasteiger partial charge in [0.05, 0.1) is 6.42 Å². The number of benzene rings is 2. The van der Waals surface area contributed by atoms with Crippen LogP contribution >= 0.6 is 0 Å². The molecule has 28 heavy (non-hydrogen) atoms. The van der Waals surface area contributed by atoms with Crippen molar-refractivity contribution < 1.29 is 9.18 Å². The van der Waals surface area contributed by atoms with Gasteiger partial charge in [-0.05, 0) is 42.7 Å². The molecular formula is C23H28FN3O. The summed E-state index contributed by atoms with van der Waals surface area (Å²) in [6.45, 7) is 5.58. The number of carbonyl (C=O) groups is 1. The van der Waals surface area contributed by atoms with Crippen LogP contribution in [0.15, 0.2) is 54.6 Å². The Morgan fingerprint density at radius 1 is 0.929 bits per heavy atom. The molecule has 2 aliphatic rings. The molecule has 2 heterocycles. The fraction of sp³-hybridized carbons (Fsp3) is 0.435. The van der Waals surface area contributed by atoms with Gasteiger partial charge in [0, 0.05) is 51.0 Å². The molecule has 0 bridgehead atoms. The lowest BCUT2D eigenvalue weighted by Crippen LogP contribution is -2.56. The Hall–Kier alpha value is -2.40. The number of rotatable bonds is 4. The highest BCUT2D eigenvalue weighted by atomic mass is 19.1. The first-order chi connectivity index (χ1) is 13.7. The fourth-order valence-corrected chi connectivity index (χ4v) is 4.36. The van der Waals surface area contributed by atoms with Crippen LogP contribution in [-0.2, 0) is 11.2 Å². The topological polar surface area (TPSA) is 26.8 Å². The third-order valence-electron chi connectivity index (χ3n) is 5.97. The van der Waals surface area contributed by atoms with Crippen LogP contribution in [0.25, 0.3) is 0 Å². The van der Waals surface area contributed by atoms with Crippen molar-refractivity contribution in [2.45, 2.75) is 25.3 Å². The number of nitrogens with zero attached hydrogens (tertiary/aromatic N) is 3. The molecule has 148 valence electrons. The van der Waals surface area contributed by atoms with Crippen LogP contribution in [-0.4, -0.2) is 61.0 Å². The van der Waals surface area contributed by atoms with Gasteiger partial charge in [0.25, 0.3) is 0 Å². The quantitative estimate of drug-likeness (QED) is 0.814. The van der Waals surface area contributed by atoms with E-state index in [1.54, 1.807) is 0 Å². The number of halogens is 1. The standard InChI is InChI=1S/C23H28FN3O/c24-20-8-10-21(11-9-20)25-13-15-26(16-14-25)22-7-4-12-27(18-22)23(28)17-19-5-2-1-3-6-19/h1-3,5-6,8-11,22H,4,7,12-18H2/t22-/m0/s1. The highest BCUT2D eigenvalue weighted by molar-refractivity contribution is 5.78. The number of piperidine rings is 1. The third kappa shape index (κ3) is 4.53. The Labute approximate surface area is 166 Å². The van der Waals surface area contributed by atoms with Crippen molar-refractivity contribution >= 4 is 11.6 Å². The minimum absolute atomic E-state index is 0.190. The average molecular weight is 381 g/mol. The molecule has 1 amide bonds. The molecule has 2 fully saturated rings. The Morgan fingerprint density at radius 3 is 2.36 bits per heavy atom. The largest absolute Gasteiger partial charge is 0.369 e. The first-order valence-electron chi connectivity index (χ1n) is 10.3. The van der Waals surface area contributed by atoms with Crippen LogP contribution in [0.5, 0.6) is 0 Å². The first-order valence-corrected chi connectivity index (χ1v) is 10.3. The van der Waals surface area contributed by atoms with Gasteiger partial charge in [-0.25, -0.2) is 4.39 Å². The van der Waals surface area contributed by atoms with Gasteiger partial charge in [-0.3, -0.25) is 9.69 Å². The van der Waals surface area contributed by atoms with Crippen LogP contribution in [0.2, 0.25) is 0 Å². The first kappa shape index (κ1) is 18.9. The second kappa shape index (κ2) is 8.74. The molecule has 0 aromatic heterocycles. The summed E-state index contributed by atoms with van der Waals surface area (Å²) in [5.41, 5.74) is 2.17. The van der Waals surface area contributed by atoms with Gasteiger partial charge >= 0.3 is 0 Å². The third-order valence-corrected chi connectivity index (χ3v) is 5.97. The molecule has 4 rings (SSSR count). The second-order valence-corrected chi connectivity index (χ2v) is 7.80. The van der Waals surface area contributed by atoms with Crippen molar-refractivity contribution in [2.75, 3.05) is 44.2 Å². The van der Waals surface area contributed by atoms with E-state index in [1.807, 2.05) is 47.4 Å². The summed E-state index contributed by atoms with van der Waals surface area (Å²) in [4.78, 5) is 19.6. The van der Waals surface area contributed by atoms with E-state index in [0.29, 0.717) is 12.5 Å². The molecule has 2 aromatic rings. The van der Waals surface area contributed by atoms with E-state index >= 15 is 0 Å². The van der Waals surface area contributed by atoms with Crippen LogP contribution in [0.3, 0.4) is 0 Å². The monoisotopic (exact) mass is 381 g/mol. The minimum atomic E-state index is -0.190. The molecule has 1 atom stereocenters. The molecule has 0 saturated carbocycles. The summed E-state index contributed by atoms with van der Waals surface area (Å²) >= 11 is 0. The van der Waals surface area contributed by atoms with Crippen molar-refractivity contribution in [1.82, 2.24) is 9.80 Å². The highest BCUT2D eigenvalue weighted by Gasteiger charge is 2.30. The van der Waals surface area contributed by atoms with E-state index in [4.69, 9.17) is 0 Å². The Bertz CT molecular complexity index is 772. The van der Waals surface area contributed by atoms with Crippen molar-refractivity contribution in [3.63, 3.8) is 0 Å². The number of anilines is 1. The normalized spacial score (nSPS) is 21.0. The van der Waals surface area contributed by atoms with Crippen molar-refractivity contribution in [1.29, 1.82) is 0 Å². The molecule has 2 saturated heterocycles. The maximum Gasteiger partial charge on any atom is 0.227 e. The zero-order valence-electron chi connectivity index (χ0n) is 16.3. The summed E-state index contributed by atoms with van der Waals surface area (Å²) in [7, 11) is 0. The molecule has 0 spiro atoms. The predicted molar refractivity (Wildman–Crippen MR) is 110 cm³/mol. The van der Waals surface area contributed by atoms with Crippen LogP contribution < -0.4 is 4.90 Å². The number of carbonyl (C=O) groups excluding carboxylic acids is 1. The number of hydrogen-bond acceptors (Lipinski definition) is 3. The lowest BCUT2D eigenvalue weighted by atomic mass is 10.0. The lowest BCUT2D eigenvalue weighted by molar-refractivity contribution is -0.132. The van der Waals surface area contributed by atoms with E-state index < -0.39 is 0 Å². The van der Waals surface area contributed by atoms with Gasteiger partial charge in [-0.2, -0.15) is 0 Å². The van der Waals surface area contributed by atoms with E-state index in [1.165, 1.54) is 12.1 Å². The Kier molecular flexibility index (Phi) is 5.91. The predicted octanol–water partition coefficient (Wildman–Crippen LogP) is 3.18.